The van der Waals surface area contributed by atoms with Gasteiger partial charge in [0.2, 0.25) is 10.0 Å². The van der Waals surface area contributed by atoms with E-state index in [-0.39, 0.29) is 6.04 Å². The Kier molecular flexibility index (Phi) is 6.14. The summed E-state index contributed by atoms with van der Waals surface area (Å²) in [5.74, 6) is 2.02. The van der Waals surface area contributed by atoms with E-state index in [4.69, 9.17) is 0 Å². The Hall–Kier alpha value is -0.0800. The normalized spacial score (nSPS) is 20.1. The summed E-state index contributed by atoms with van der Waals surface area (Å²) >= 11 is 3.38. The van der Waals surface area contributed by atoms with E-state index in [0.717, 1.165) is 40.6 Å². The molecule has 1 aromatic rings. The lowest BCUT2D eigenvalue weighted by atomic mass is 10.2. The van der Waals surface area contributed by atoms with Crippen LogP contribution in [-0.2, 0) is 16.6 Å². The molecule has 0 aliphatic carbocycles. The predicted molar refractivity (Wildman–Crippen MR) is 91.7 cm³/mol. The number of hydrogen-bond donors (Lipinski definition) is 2. The number of nitrogens with one attached hydrogen (secondary N) is 2. The highest BCUT2D eigenvalue weighted by molar-refractivity contribution is 7.99. The van der Waals surface area contributed by atoms with Gasteiger partial charge in [-0.15, -0.1) is 11.3 Å². The number of thioether (sulfide) groups is 1. The fourth-order valence-corrected chi connectivity index (χ4v) is 6.33. The van der Waals surface area contributed by atoms with Gasteiger partial charge < -0.3 is 5.32 Å². The van der Waals surface area contributed by atoms with Crippen molar-refractivity contribution in [3.8, 4) is 0 Å². The van der Waals surface area contributed by atoms with Crippen molar-refractivity contribution in [1.82, 2.24) is 10.0 Å². The minimum absolute atomic E-state index is 0.0743. The fourth-order valence-electron chi connectivity index (χ4n) is 2.30. The average molecular weight is 349 g/mol. The maximum Gasteiger partial charge on any atom is 0.241 e. The van der Waals surface area contributed by atoms with Crippen LogP contribution in [0.5, 0.6) is 0 Å². The van der Waals surface area contributed by atoms with Crippen LogP contribution >= 0.6 is 23.1 Å². The van der Waals surface area contributed by atoms with Crippen LogP contribution in [0.4, 0.5) is 0 Å². The van der Waals surface area contributed by atoms with Crippen molar-refractivity contribution in [3.05, 3.63) is 15.8 Å². The van der Waals surface area contributed by atoms with Crippen LogP contribution in [0.15, 0.2) is 11.0 Å². The average Bonchev–Trinajstić information content (AvgIpc) is 2.79. The van der Waals surface area contributed by atoms with E-state index in [2.05, 4.69) is 23.9 Å². The molecule has 0 aromatic carbocycles. The van der Waals surface area contributed by atoms with Crippen LogP contribution < -0.4 is 10.0 Å². The van der Waals surface area contributed by atoms with Gasteiger partial charge in [0.15, 0.2) is 0 Å². The van der Waals surface area contributed by atoms with Crippen LogP contribution in [0, 0.1) is 6.92 Å². The van der Waals surface area contributed by atoms with Crippen molar-refractivity contribution >= 4 is 33.1 Å². The van der Waals surface area contributed by atoms with Crippen molar-refractivity contribution in [2.24, 2.45) is 0 Å². The van der Waals surface area contributed by atoms with E-state index in [1.807, 2.05) is 24.8 Å². The minimum Gasteiger partial charge on any atom is -0.310 e. The molecule has 1 atom stereocenters. The second-order valence-corrected chi connectivity index (χ2v) is 9.88. The lowest BCUT2D eigenvalue weighted by molar-refractivity contribution is 0.543. The molecule has 1 fully saturated rings. The third-order valence-electron chi connectivity index (χ3n) is 3.38. The Labute approximate surface area is 136 Å². The third-order valence-corrected chi connectivity index (χ3v) is 7.42. The highest BCUT2D eigenvalue weighted by atomic mass is 32.2. The first-order chi connectivity index (χ1) is 9.88. The van der Waals surface area contributed by atoms with E-state index < -0.39 is 10.0 Å². The Morgan fingerprint density at radius 2 is 2.19 bits per heavy atom. The van der Waals surface area contributed by atoms with Gasteiger partial charge in [-0.1, -0.05) is 13.8 Å². The topological polar surface area (TPSA) is 58.2 Å². The maximum absolute atomic E-state index is 12.5. The quantitative estimate of drug-likeness (QED) is 0.830. The van der Waals surface area contributed by atoms with Crippen molar-refractivity contribution in [1.29, 1.82) is 0 Å². The molecular formula is C14H24N2O2S3. The summed E-state index contributed by atoms with van der Waals surface area (Å²) in [5.41, 5.74) is 0. The monoisotopic (exact) mass is 348 g/mol. The highest BCUT2D eigenvalue weighted by Crippen LogP contribution is 2.27. The Morgan fingerprint density at radius 3 is 2.81 bits per heavy atom. The van der Waals surface area contributed by atoms with Gasteiger partial charge in [0.05, 0.1) is 4.90 Å². The fraction of sp³-hybridized carbons (Fsp3) is 0.714. The van der Waals surface area contributed by atoms with Gasteiger partial charge in [-0.2, -0.15) is 11.8 Å². The molecule has 21 heavy (non-hydrogen) atoms. The van der Waals surface area contributed by atoms with Gasteiger partial charge in [0, 0.05) is 34.1 Å². The minimum atomic E-state index is -3.39. The molecule has 4 nitrogen and oxygen atoms in total. The SMILES string of the molecule is Cc1sc(CNC(C)C)cc1S(=O)(=O)NC1CCCSC1. The van der Waals surface area contributed by atoms with Gasteiger partial charge in [0.25, 0.3) is 0 Å². The zero-order chi connectivity index (χ0) is 15.5. The molecule has 2 N–H and O–H groups in total. The number of thiophene rings is 1. The standard InChI is InChI=1S/C14H24N2O2S3/c1-10(2)15-8-13-7-14(11(3)20-13)21(17,18)16-12-5-4-6-19-9-12/h7,10,12,15-16H,4-6,8-9H2,1-3H3. The predicted octanol–water partition coefficient (Wildman–Crippen LogP) is 2.73. The van der Waals surface area contributed by atoms with E-state index in [9.17, 15) is 8.42 Å². The molecule has 0 spiro atoms. The molecule has 1 aromatic heterocycles. The molecule has 1 unspecified atom stereocenters. The molecule has 0 amide bonds. The highest BCUT2D eigenvalue weighted by Gasteiger charge is 2.25. The summed E-state index contributed by atoms with van der Waals surface area (Å²) in [7, 11) is -3.39. The van der Waals surface area contributed by atoms with Crippen LogP contribution in [0.25, 0.3) is 0 Å². The Balaban J connectivity index is 2.08. The third kappa shape index (κ3) is 4.96. The zero-order valence-corrected chi connectivity index (χ0v) is 15.3. The van der Waals surface area contributed by atoms with Crippen molar-refractivity contribution in [3.63, 3.8) is 0 Å². The largest absolute Gasteiger partial charge is 0.310 e. The molecule has 7 heteroatoms. The van der Waals surface area contributed by atoms with Gasteiger partial charge in [-0.05, 0) is 31.6 Å². The summed E-state index contributed by atoms with van der Waals surface area (Å²) < 4.78 is 27.9. The smallest absolute Gasteiger partial charge is 0.241 e. The van der Waals surface area contributed by atoms with E-state index in [0.29, 0.717) is 10.9 Å². The van der Waals surface area contributed by atoms with Gasteiger partial charge in [0.1, 0.15) is 0 Å². The summed E-state index contributed by atoms with van der Waals surface area (Å²) in [6.07, 6.45) is 2.03. The number of rotatable bonds is 6. The summed E-state index contributed by atoms with van der Waals surface area (Å²) in [6.45, 7) is 6.77. The lowest BCUT2D eigenvalue weighted by Gasteiger charge is -2.22. The summed E-state index contributed by atoms with van der Waals surface area (Å²) in [5, 5.41) is 3.33. The van der Waals surface area contributed by atoms with Crippen molar-refractivity contribution in [2.45, 2.75) is 57.1 Å². The second kappa shape index (κ2) is 7.46. The van der Waals surface area contributed by atoms with Gasteiger partial charge in [-0.25, -0.2) is 13.1 Å². The summed E-state index contributed by atoms with van der Waals surface area (Å²) in [6, 6.07) is 2.28. The molecule has 1 saturated heterocycles. The maximum atomic E-state index is 12.5. The van der Waals surface area contributed by atoms with E-state index >= 15 is 0 Å². The number of aryl methyl sites for hydroxylation is 1. The van der Waals surface area contributed by atoms with Gasteiger partial charge in [-0.3, -0.25) is 0 Å². The molecule has 2 heterocycles. The Morgan fingerprint density at radius 1 is 1.43 bits per heavy atom. The van der Waals surface area contributed by atoms with Gasteiger partial charge >= 0.3 is 0 Å². The number of hydrogen-bond acceptors (Lipinski definition) is 5. The molecule has 2 rings (SSSR count). The van der Waals surface area contributed by atoms with E-state index in [1.165, 1.54) is 0 Å². The van der Waals surface area contributed by atoms with Crippen molar-refractivity contribution < 1.29 is 8.42 Å². The van der Waals surface area contributed by atoms with E-state index in [1.54, 1.807) is 11.3 Å². The molecule has 1 aliphatic rings. The first-order valence-electron chi connectivity index (χ1n) is 7.31. The van der Waals surface area contributed by atoms with Crippen molar-refractivity contribution in [2.75, 3.05) is 11.5 Å². The molecule has 1 aliphatic heterocycles. The number of sulfonamides is 1. The Bertz CT molecular complexity index is 561. The molecular weight excluding hydrogens is 324 g/mol. The van der Waals surface area contributed by atoms with Crippen LogP contribution in [0.2, 0.25) is 0 Å². The molecule has 0 saturated carbocycles. The van der Waals surface area contributed by atoms with Crippen LogP contribution in [0.1, 0.15) is 36.4 Å². The molecule has 0 bridgehead atoms. The van der Waals surface area contributed by atoms with Crippen LogP contribution in [0.3, 0.4) is 0 Å². The molecule has 120 valence electrons. The first kappa shape index (κ1) is 17.3. The molecule has 0 radical (unpaired) electrons. The lowest BCUT2D eigenvalue weighted by Crippen LogP contribution is -2.38. The first-order valence-corrected chi connectivity index (χ1v) is 10.8. The van der Waals surface area contributed by atoms with Crippen LogP contribution in [-0.4, -0.2) is 32.0 Å². The summed E-state index contributed by atoms with van der Waals surface area (Å²) in [4.78, 5) is 2.38. The zero-order valence-electron chi connectivity index (χ0n) is 12.8. The second-order valence-electron chi connectivity index (χ2n) is 5.70.